The summed E-state index contributed by atoms with van der Waals surface area (Å²) in [5.41, 5.74) is 8.58. The number of hydrogen-bond donors (Lipinski definition) is 1. The maximum absolute atomic E-state index is 5.85. The van der Waals surface area contributed by atoms with E-state index in [1.165, 1.54) is 11.1 Å². The van der Waals surface area contributed by atoms with Gasteiger partial charge in [-0.3, -0.25) is 0 Å². The minimum atomic E-state index is 0.306. The zero-order valence-corrected chi connectivity index (χ0v) is 12.7. The molecular formula is C17H23N3O. The SMILES string of the molecule is CC(C)CC(CN)Cc1nc(C2Cc3ccccc32)no1. The van der Waals surface area contributed by atoms with Crippen molar-refractivity contribution in [2.45, 2.75) is 39.0 Å². The first-order chi connectivity index (χ1) is 10.2. The van der Waals surface area contributed by atoms with Crippen molar-refractivity contribution in [2.24, 2.45) is 17.6 Å². The fourth-order valence-corrected chi connectivity index (χ4v) is 3.16. The summed E-state index contributed by atoms with van der Waals surface area (Å²) in [7, 11) is 0. The molecule has 2 unspecified atom stereocenters. The third-order valence-corrected chi connectivity index (χ3v) is 4.25. The second-order valence-corrected chi connectivity index (χ2v) is 6.44. The van der Waals surface area contributed by atoms with Crippen LogP contribution in [0.3, 0.4) is 0 Å². The lowest BCUT2D eigenvalue weighted by atomic mass is 9.77. The minimum absolute atomic E-state index is 0.306. The third kappa shape index (κ3) is 3.00. The van der Waals surface area contributed by atoms with Gasteiger partial charge in [0, 0.05) is 6.42 Å². The first-order valence-corrected chi connectivity index (χ1v) is 7.77. The Labute approximate surface area is 125 Å². The van der Waals surface area contributed by atoms with E-state index in [1.54, 1.807) is 0 Å². The molecule has 0 radical (unpaired) electrons. The zero-order chi connectivity index (χ0) is 14.8. The molecular weight excluding hydrogens is 262 g/mol. The van der Waals surface area contributed by atoms with Gasteiger partial charge in [-0.25, -0.2) is 0 Å². The summed E-state index contributed by atoms with van der Waals surface area (Å²) in [6, 6.07) is 8.47. The van der Waals surface area contributed by atoms with Crippen LogP contribution in [-0.4, -0.2) is 16.7 Å². The lowest BCUT2D eigenvalue weighted by molar-refractivity contribution is 0.328. The molecule has 4 nitrogen and oxygen atoms in total. The number of nitrogens with zero attached hydrogens (tertiary/aromatic N) is 2. The summed E-state index contributed by atoms with van der Waals surface area (Å²) in [5.74, 6) is 2.92. The van der Waals surface area contributed by atoms with Crippen LogP contribution >= 0.6 is 0 Å². The molecule has 2 aromatic rings. The Hall–Kier alpha value is -1.68. The van der Waals surface area contributed by atoms with Crippen LogP contribution in [-0.2, 0) is 12.8 Å². The smallest absolute Gasteiger partial charge is 0.226 e. The molecule has 1 aromatic carbocycles. The largest absolute Gasteiger partial charge is 0.339 e. The first kappa shape index (κ1) is 14.3. The summed E-state index contributed by atoms with van der Waals surface area (Å²) in [4.78, 5) is 4.59. The molecule has 21 heavy (non-hydrogen) atoms. The lowest BCUT2D eigenvalue weighted by Gasteiger charge is -2.27. The van der Waals surface area contributed by atoms with Gasteiger partial charge >= 0.3 is 0 Å². The van der Waals surface area contributed by atoms with Crippen molar-refractivity contribution < 1.29 is 4.52 Å². The van der Waals surface area contributed by atoms with E-state index in [4.69, 9.17) is 10.3 Å². The molecule has 0 aliphatic heterocycles. The van der Waals surface area contributed by atoms with E-state index in [9.17, 15) is 0 Å². The maximum atomic E-state index is 5.85. The quantitative estimate of drug-likeness (QED) is 0.886. The van der Waals surface area contributed by atoms with Gasteiger partial charge in [0.15, 0.2) is 5.82 Å². The van der Waals surface area contributed by atoms with Crippen molar-refractivity contribution in [3.05, 3.63) is 47.1 Å². The molecule has 2 atom stereocenters. The highest BCUT2D eigenvalue weighted by molar-refractivity contribution is 5.43. The van der Waals surface area contributed by atoms with Crippen molar-refractivity contribution >= 4 is 0 Å². The van der Waals surface area contributed by atoms with Gasteiger partial charge in [0.2, 0.25) is 5.89 Å². The van der Waals surface area contributed by atoms with Crippen LogP contribution in [0.5, 0.6) is 0 Å². The summed E-state index contributed by atoms with van der Waals surface area (Å²) < 4.78 is 5.43. The van der Waals surface area contributed by atoms with Gasteiger partial charge in [0.05, 0.1) is 5.92 Å². The Bertz CT molecular complexity index is 606. The average Bonchev–Trinajstić information content (AvgIpc) is 2.87. The highest BCUT2D eigenvalue weighted by Gasteiger charge is 2.31. The molecule has 0 fully saturated rings. The molecule has 3 rings (SSSR count). The number of nitrogens with two attached hydrogens (primary N) is 1. The Morgan fingerprint density at radius 3 is 2.86 bits per heavy atom. The Morgan fingerprint density at radius 1 is 1.33 bits per heavy atom. The van der Waals surface area contributed by atoms with Gasteiger partial charge in [-0.05, 0) is 42.3 Å². The van der Waals surface area contributed by atoms with Crippen LogP contribution < -0.4 is 5.73 Å². The fraction of sp³-hybridized carbons (Fsp3) is 0.529. The molecule has 0 spiro atoms. The number of aromatic nitrogens is 2. The van der Waals surface area contributed by atoms with Gasteiger partial charge in [-0.1, -0.05) is 43.3 Å². The van der Waals surface area contributed by atoms with E-state index in [1.807, 2.05) is 0 Å². The number of fused-ring (bicyclic) bond motifs is 1. The van der Waals surface area contributed by atoms with Crippen molar-refractivity contribution in [1.29, 1.82) is 0 Å². The molecule has 1 heterocycles. The van der Waals surface area contributed by atoms with Crippen molar-refractivity contribution in [1.82, 2.24) is 10.1 Å². The lowest BCUT2D eigenvalue weighted by Crippen LogP contribution is -2.20. The van der Waals surface area contributed by atoms with E-state index >= 15 is 0 Å². The van der Waals surface area contributed by atoms with E-state index in [0.29, 0.717) is 24.3 Å². The molecule has 0 amide bonds. The second kappa shape index (κ2) is 5.98. The highest BCUT2D eigenvalue weighted by atomic mass is 16.5. The first-order valence-electron chi connectivity index (χ1n) is 7.77. The van der Waals surface area contributed by atoms with Crippen LogP contribution in [0.1, 0.15) is 49.0 Å². The Kier molecular flexibility index (Phi) is 4.06. The van der Waals surface area contributed by atoms with Gasteiger partial charge in [0.1, 0.15) is 0 Å². The Morgan fingerprint density at radius 2 is 2.14 bits per heavy atom. The minimum Gasteiger partial charge on any atom is -0.339 e. The second-order valence-electron chi connectivity index (χ2n) is 6.44. The van der Waals surface area contributed by atoms with Crippen LogP contribution in [0.15, 0.2) is 28.8 Å². The fourth-order valence-electron chi connectivity index (χ4n) is 3.16. The molecule has 0 saturated heterocycles. The summed E-state index contributed by atoms with van der Waals surface area (Å²) in [5, 5.41) is 4.18. The third-order valence-electron chi connectivity index (χ3n) is 4.25. The zero-order valence-electron chi connectivity index (χ0n) is 12.7. The highest BCUT2D eigenvalue weighted by Crippen LogP contribution is 2.38. The normalized spacial score (nSPS) is 18.4. The average molecular weight is 285 g/mol. The molecule has 4 heteroatoms. The number of benzene rings is 1. The molecule has 2 N–H and O–H groups in total. The molecule has 1 aromatic heterocycles. The topological polar surface area (TPSA) is 64.9 Å². The van der Waals surface area contributed by atoms with E-state index in [2.05, 4.69) is 48.3 Å². The maximum Gasteiger partial charge on any atom is 0.226 e. The molecule has 112 valence electrons. The van der Waals surface area contributed by atoms with E-state index in [0.717, 1.165) is 31.0 Å². The van der Waals surface area contributed by atoms with Crippen molar-refractivity contribution in [3.63, 3.8) is 0 Å². The van der Waals surface area contributed by atoms with Gasteiger partial charge in [-0.15, -0.1) is 0 Å². The van der Waals surface area contributed by atoms with Crippen LogP contribution in [0.4, 0.5) is 0 Å². The van der Waals surface area contributed by atoms with E-state index in [-0.39, 0.29) is 0 Å². The van der Waals surface area contributed by atoms with E-state index < -0.39 is 0 Å². The van der Waals surface area contributed by atoms with Crippen molar-refractivity contribution in [3.8, 4) is 0 Å². The van der Waals surface area contributed by atoms with Crippen LogP contribution in [0.2, 0.25) is 0 Å². The molecule has 0 saturated carbocycles. The molecule has 0 bridgehead atoms. The predicted molar refractivity (Wildman–Crippen MR) is 82.0 cm³/mol. The summed E-state index contributed by atoms with van der Waals surface area (Å²) in [6.07, 6.45) is 2.90. The summed E-state index contributed by atoms with van der Waals surface area (Å²) in [6.45, 7) is 5.10. The van der Waals surface area contributed by atoms with Gasteiger partial charge in [0.25, 0.3) is 0 Å². The number of rotatable bonds is 6. The standard InChI is InChI=1S/C17H23N3O/c1-11(2)7-12(10-18)8-16-19-17(20-21-16)15-9-13-5-3-4-6-14(13)15/h3-6,11-12,15H,7-10,18H2,1-2H3. The Balaban J connectivity index is 1.67. The molecule has 1 aliphatic carbocycles. The molecule has 1 aliphatic rings. The monoisotopic (exact) mass is 285 g/mol. The van der Waals surface area contributed by atoms with Gasteiger partial charge in [-0.2, -0.15) is 4.98 Å². The van der Waals surface area contributed by atoms with Crippen LogP contribution in [0, 0.1) is 11.8 Å². The predicted octanol–water partition coefficient (Wildman–Crippen LogP) is 2.92. The van der Waals surface area contributed by atoms with Gasteiger partial charge < -0.3 is 10.3 Å². The summed E-state index contributed by atoms with van der Waals surface area (Å²) >= 11 is 0. The number of hydrogen-bond acceptors (Lipinski definition) is 4. The van der Waals surface area contributed by atoms with Crippen molar-refractivity contribution in [2.75, 3.05) is 6.54 Å². The van der Waals surface area contributed by atoms with Crippen LogP contribution in [0.25, 0.3) is 0 Å².